The highest BCUT2D eigenvalue weighted by atomic mass is 35.5. The van der Waals surface area contributed by atoms with E-state index in [4.69, 9.17) is 16.3 Å². The summed E-state index contributed by atoms with van der Waals surface area (Å²) in [4.78, 5) is 0. The Hall–Kier alpha value is -0.570. The number of halogens is 1. The maximum atomic E-state index is 9.99. The molecule has 0 amide bonds. The first-order valence-corrected chi connectivity index (χ1v) is 5.21. The van der Waals surface area contributed by atoms with Gasteiger partial charge < -0.3 is 9.84 Å². The number of rotatable bonds is 2. The minimum Gasteiger partial charge on any atom is -0.386 e. The lowest BCUT2D eigenvalue weighted by Gasteiger charge is -2.18. The Bertz CT molecular complexity index is 308. The molecule has 1 fully saturated rings. The maximum Gasteiger partial charge on any atom is 0.107 e. The summed E-state index contributed by atoms with van der Waals surface area (Å²) < 4.78 is 5.42. The van der Waals surface area contributed by atoms with Crippen molar-refractivity contribution in [2.24, 2.45) is 0 Å². The monoisotopic (exact) mass is 212 g/mol. The van der Waals surface area contributed by atoms with E-state index in [1.54, 1.807) is 6.07 Å². The average Bonchev–Trinajstić information content (AvgIpc) is 2.70. The maximum absolute atomic E-state index is 9.99. The third-order valence-electron chi connectivity index (χ3n) is 2.54. The minimum atomic E-state index is -0.591. The molecule has 1 aliphatic rings. The second kappa shape index (κ2) is 4.30. The van der Waals surface area contributed by atoms with Crippen molar-refractivity contribution < 1.29 is 9.84 Å². The number of ether oxygens (including phenoxy) is 1. The molecule has 3 heteroatoms. The summed E-state index contributed by atoms with van der Waals surface area (Å²) in [7, 11) is 0. The molecule has 1 saturated heterocycles. The highest BCUT2D eigenvalue weighted by Crippen LogP contribution is 2.30. The van der Waals surface area contributed by atoms with Gasteiger partial charge in [0.15, 0.2) is 0 Å². The van der Waals surface area contributed by atoms with Crippen LogP contribution in [0.2, 0.25) is 5.02 Å². The van der Waals surface area contributed by atoms with Crippen molar-refractivity contribution in [1.82, 2.24) is 0 Å². The molecule has 0 aromatic heterocycles. The van der Waals surface area contributed by atoms with E-state index in [1.807, 2.05) is 18.2 Å². The molecule has 1 aromatic rings. The van der Waals surface area contributed by atoms with Crippen molar-refractivity contribution in [3.63, 3.8) is 0 Å². The highest BCUT2D eigenvalue weighted by molar-refractivity contribution is 6.31. The molecule has 0 saturated carbocycles. The summed E-state index contributed by atoms with van der Waals surface area (Å²) in [6.45, 7) is 0.742. The highest BCUT2D eigenvalue weighted by Gasteiger charge is 2.26. The standard InChI is InChI=1S/C11H13ClO2/c12-9-5-2-1-4-8(9)11(13)10-6-3-7-14-10/h1-2,4-5,10-11,13H,3,6-7H2/t10-,11?/m1/s1. The normalized spacial score (nSPS) is 23.7. The smallest absolute Gasteiger partial charge is 0.107 e. The fraction of sp³-hybridized carbons (Fsp3) is 0.455. The van der Waals surface area contributed by atoms with E-state index < -0.39 is 6.10 Å². The van der Waals surface area contributed by atoms with Gasteiger partial charge in [-0.25, -0.2) is 0 Å². The van der Waals surface area contributed by atoms with Gasteiger partial charge in [0.1, 0.15) is 6.10 Å². The van der Waals surface area contributed by atoms with E-state index in [1.165, 1.54) is 0 Å². The Balaban J connectivity index is 2.17. The molecule has 1 heterocycles. The third kappa shape index (κ3) is 1.92. The van der Waals surface area contributed by atoms with E-state index >= 15 is 0 Å². The van der Waals surface area contributed by atoms with Crippen LogP contribution in [0.15, 0.2) is 24.3 Å². The fourth-order valence-electron chi connectivity index (χ4n) is 1.77. The molecular weight excluding hydrogens is 200 g/mol. The van der Waals surface area contributed by atoms with Crippen LogP contribution >= 0.6 is 11.6 Å². The van der Waals surface area contributed by atoms with Crippen LogP contribution in [0.5, 0.6) is 0 Å². The second-order valence-electron chi connectivity index (χ2n) is 3.52. The van der Waals surface area contributed by atoms with Gasteiger partial charge in [0.2, 0.25) is 0 Å². The molecule has 76 valence electrons. The molecule has 0 bridgehead atoms. The van der Waals surface area contributed by atoms with Crippen molar-refractivity contribution in [2.75, 3.05) is 6.61 Å². The number of benzene rings is 1. The number of hydrogen-bond donors (Lipinski definition) is 1. The Labute approximate surface area is 88.5 Å². The van der Waals surface area contributed by atoms with Gasteiger partial charge in [0, 0.05) is 17.2 Å². The Morgan fingerprint density at radius 2 is 2.21 bits per heavy atom. The van der Waals surface area contributed by atoms with Crippen LogP contribution in [0.25, 0.3) is 0 Å². The van der Waals surface area contributed by atoms with E-state index in [9.17, 15) is 5.11 Å². The molecule has 1 unspecified atom stereocenters. The van der Waals surface area contributed by atoms with E-state index in [0.717, 1.165) is 25.0 Å². The van der Waals surface area contributed by atoms with Gasteiger partial charge >= 0.3 is 0 Å². The molecular formula is C11H13ClO2. The Kier molecular flexibility index (Phi) is 3.06. The second-order valence-corrected chi connectivity index (χ2v) is 3.93. The summed E-state index contributed by atoms with van der Waals surface area (Å²) >= 11 is 5.98. The van der Waals surface area contributed by atoms with Gasteiger partial charge in [-0.2, -0.15) is 0 Å². The lowest BCUT2D eigenvalue weighted by Crippen LogP contribution is -2.17. The molecule has 1 aromatic carbocycles. The van der Waals surface area contributed by atoms with Crippen LogP contribution in [0, 0.1) is 0 Å². The first kappa shape index (κ1) is 9.97. The minimum absolute atomic E-state index is 0.0881. The van der Waals surface area contributed by atoms with Crippen LogP contribution < -0.4 is 0 Å². The van der Waals surface area contributed by atoms with Gasteiger partial charge in [0.05, 0.1) is 6.10 Å². The molecule has 0 spiro atoms. The van der Waals surface area contributed by atoms with Gasteiger partial charge in [-0.05, 0) is 18.9 Å². The zero-order valence-electron chi connectivity index (χ0n) is 7.82. The molecule has 14 heavy (non-hydrogen) atoms. The molecule has 2 nitrogen and oxygen atoms in total. The SMILES string of the molecule is OC(c1ccccc1Cl)[C@H]1CCCO1. The van der Waals surface area contributed by atoms with Crippen molar-refractivity contribution in [3.8, 4) is 0 Å². The van der Waals surface area contributed by atoms with E-state index in [2.05, 4.69) is 0 Å². The van der Waals surface area contributed by atoms with Crippen LogP contribution in [0.1, 0.15) is 24.5 Å². The molecule has 1 aliphatic heterocycles. The quantitative estimate of drug-likeness (QED) is 0.817. The van der Waals surface area contributed by atoms with Gasteiger partial charge in [-0.1, -0.05) is 29.8 Å². The van der Waals surface area contributed by atoms with Crippen LogP contribution in [-0.2, 0) is 4.74 Å². The predicted octanol–water partition coefficient (Wildman–Crippen LogP) is 2.55. The number of aliphatic hydroxyl groups is 1. The van der Waals surface area contributed by atoms with Crippen molar-refractivity contribution in [2.45, 2.75) is 25.0 Å². The molecule has 2 atom stereocenters. The zero-order chi connectivity index (χ0) is 9.97. The predicted molar refractivity (Wildman–Crippen MR) is 55.4 cm³/mol. The van der Waals surface area contributed by atoms with Crippen LogP contribution in [0.4, 0.5) is 0 Å². The van der Waals surface area contributed by atoms with Crippen molar-refractivity contribution in [3.05, 3.63) is 34.9 Å². The lowest BCUT2D eigenvalue weighted by atomic mass is 10.0. The first-order chi connectivity index (χ1) is 6.79. The summed E-state index contributed by atoms with van der Waals surface area (Å²) in [5.41, 5.74) is 0.765. The number of hydrogen-bond acceptors (Lipinski definition) is 2. The zero-order valence-corrected chi connectivity index (χ0v) is 8.57. The van der Waals surface area contributed by atoms with E-state index in [-0.39, 0.29) is 6.10 Å². The van der Waals surface area contributed by atoms with Crippen LogP contribution in [0.3, 0.4) is 0 Å². The summed E-state index contributed by atoms with van der Waals surface area (Å²) in [6.07, 6.45) is 1.25. The number of aliphatic hydroxyl groups excluding tert-OH is 1. The topological polar surface area (TPSA) is 29.5 Å². The summed E-state index contributed by atoms with van der Waals surface area (Å²) in [5.74, 6) is 0. The summed E-state index contributed by atoms with van der Waals surface area (Å²) in [5, 5.41) is 10.6. The van der Waals surface area contributed by atoms with Crippen molar-refractivity contribution in [1.29, 1.82) is 0 Å². The summed E-state index contributed by atoms with van der Waals surface area (Å²) in [6, 6.07) is 7.36. The lowest BCUT2D eigenvalue weighted by molar-refractivity contribution is -0.00253. The van der Waals surface area contributed by atoms with Crippen LogP contribution in [-0.4, -0.2) is 17.8 Å². The Morgan fingerprint density at radius 1 is 1.43 bits per heavy atom. The van der Waals surface area contributed by atoms with Gasteiger partial charge in [-0.3, -0.25) is 0 Å². The first-order valence-electron chi connectivity index (χ1n) is 4.83. The van der Waals surface area contributed by atoms with Gasteiger partial charge in [0.25, 0.3) is 0 Å². The largest absolute Gasteiger partial charge is 0.386 e. The van der Waals surface area contributed by atoms with Gasteiger partial charge in [-0.15, -0.1) is 0 Å². The van der Waals surface area contributed by atoms with E-state index in [0.29, 0.717) is 5.02 Å². The molecule has 0 aliphatic carbocycles. The van der Waals surface area contributed by atoms with Crippen molar-refractivity contribution >= 4 is 11.6 Å². The molecule has 1 N–H and O–H groups in total. The average molecular weight is 213 g/mol. The molecule has 0 radical (unpaired) electrons. The molecule has 2 rings (SSSR count). The third-order valence-corrected chi connectivity index (χ3v) is 2.89. The fourth-order valence-corrected chi connectivity index (χ4v) is 2.01. The Morgan fingerprint density at radius 3 is 2.86 bits per heavy atom.